The topological polar surface area (TPSA) is 106 Å². The van der Waals surface area contributed by atoms with E-state index in [0.29, 0.717) is 17.7 Å². The number of sulfonamides is 1. The minimum atomic E-state index is -3.61. The van der Waals surface area contributed by atoms with Crippen molar-refractivity contribution in [1.29, 1.82) is 0 Å². The Morgan fingerprint density at radius 3 is 2.77 bits per heavy atom. The second-order valence-electron chi connectivity index (χ2n) is 5.93. The van der Waals surface area contributed by atoms with Gasteiger partial charge in [0.1, 0.15) is 0 Å². The van der Waals surface area contributed by atoms with Crippen LogP contribution in [0, 0.1) is 0 Å². The van der Waals surface area contributed by atoms with E-state index in [2.05, 4.69) is 0 Å². The molecule has 1 amide bonds. The van der Waals surface area contributed by atoms with Crippen LogP contribution in [0.15, 0.2) is 24.3 Å². The van der Waals surface area contributed by atoms with Gasteiger partial charge in [0.05, 0.1) is 5.75 Å². The molecule has 1 saturated heterocycles. The molecule has 7 heteroatoms. The second kappa shape index (κ2) is 6.76. The summed E-state index contributed by atoms with van der Waals surface area (Å²) in [6.45, 7) is 2.60. The van der Waals surface area contributed by atoms with Crippen molar-refractivity contribution in [2.75, 3.05) is 6.54 Å². The Bertz CT molecular complexity index is 643. The van der Waals surface area contributed by atoms with Crippen molar-refractivity contribution < 1.29 is 13.2 Å². The zero-order chi connectivity index (χ0) is 16.3. The van der Waals surface area contributed by atoms with Gasteiger partial charge in [0.15, 0.2) is 0 Å². The highest BCUT2D eigenvalue weighted by Gasteiger charge is 2.29. The molecular weight excluding hydrogens is 302 g/mol. The molecule has 0 spiro atoms. The average Bonchev–Trinajstić information content (AvgIpc) is 2.45. The van der Waals surface area contributed by atoms with Crippen LogP contribution >= 0.6 is 0 Å². The first kappa shape index (κ1) is 16.9. The van der Waals surface area contributed by atoms with Gasteiger partial charge >= 0.3 is 0 Å². The standard InChI is InChI=1S/C15H23N3O3S/c1-11(16)14-7-2-3-8-18(14)15(19)13-6-4-5-12(9-13)10-22(17,20)21/h4-6,9,11,14H,2-3,7-8,10,16H2,1H3,(H2,17,20,21). The highest BCUT2D eigenvalue weighted by molar-refractivity contribution is 7.88. The summed E-state index contributed by atoms with van der Waals surface area (Å²) in [5.41, 5.74) is 6.99. The highest BCUT2D eigenvalue weighted by atomic mass is 32.2. The van der Waals surface area contributed by atoms with Gasteiger partial charge in [-0.1, -0.05) is 12.1 Å². The van der Waals surface area contributed by atoms with Gasteiger partial charge in [-0.25, -0.2) is 13.6 Å². The molecule has 4 N–H and O–H groups in total. The largest absolute Gasteiger partial charge is 0.334 e. The number of amides is 1. The zero-order valence-corrected chi connectivity index (χ0v) is 13.6. The van der Waals surface area contributed by atoms with Crippen LogP contribution in [-0.2, 0) is 15.8 Å². The molecule has 1 aromatic carbocycles. The average molecular weight is 325 g/mol. The predicted molar refractivity (Wildman–Crippen MR) is 85.6 cm³/mol. The van der Waals surface area contributed by atoms with Crippen LogP contribution in [0.25, 0.3) is 0 Å². The van der Waals surface area contributed by atoms with E-state index in [1.807, 2.05) is 11.8 Å². The lowest BCUT2D eigenvalue weighted by Crippen LogP contribution is -2.51. The summed E-state index contributed by atoms with van der Waals surface area (Å²) in [5.74, 6) is -0.372. The monoisotopic (exact) mass is 325 g/mol. The minimum absolute atomic E-state index is 0.0307. The van der Waals surface area contributed by atoms with E-state index in [0.717, 1.165) is 19.3 Å². The van der Waals surface area contributed by atoms with E-state index < -0.39 is 10.0 Å². The van der Waals surface area contributed by atoms with Crippen molar-refractivity contribution in [3.63, 3.8) is 0 Å². The predicted octanol–water partition coefficient (Wildman–Crippen LogP) is 0.817. The molecule has 0 aromatic heterocycles. The quantitative estimate of drug-likeness (QED) is 0.854. The van der Waals surface area contributed by atoms with Gasteiger partial charge in [0.2, 0.25) is 10.0 Å². The highest BCUT2D eigenvalue weighted by Crippen LogP contribution is 2.22. The molecule has 0 aliphatic carbocycles. The third kappa shape index (κ3) is 4.28. The molecule has 1 aromatic rings. The first-order chi connectivity index (χ1) is 10.3. The van der Waals surface area contributed by atoms with Crippen molar-refractivity contribution in [3.05, 3.63) is 35.4 Å². The molecule has 0 radical (unpaired) electrons. The number of hydrogen-bond donors (Lipinski definition) is 2. The molecular formula is C15H23N3O3S. The maximum atomic E-state index is 12.7. The summed E-state index contributed by atoms with van der Waals surface area (Å²) in [7, 11) is -3.61. The first-order valence-corrected chi connectivity index (χ1v) is 9.15. The van der Waals surface area contributed by atoms with E-state index in [9.17, 15) is 13.2 Å². The number of carbonyl (C=O) groups is 1. The van der Waals surface area contributed by atoms with Crippen LogP contribution < -0.4 is 10.9 Å². The molecule has 1 fully saturated rings. The van der Waals surface area contributed by atoms with E-state index in [1.165, 1.54) is 0 Å². The van der Waals surface area contributed by atoms with Gasteiger partial charge in [-0.2, -0.15) is 0 Å². The maximum Gasteiger partial charge on any atom is 0.254 e. The molecule has 2 unspecified atom stereocenters. The minimum Gasteiger partial charge on any atom is -0.334 e. The number of nitrogens with two attached hydrogens (primary N) is 2. The van der Waals surface area contributed by atoms with Gasteiger partial charge in [-0.15, -0.1) is 0 Å². The number of carbonyl (C=O) groups excluding carboxylic acids is 1. The lowest BCUT2D eigenvalue weighted by Gasteiger charge is -2.38. The molecule has 1 aliphatic heterocycles. The third-order valence-electron chi connectivity index (χ3n) is 3.96. The molecule has 1 heterocycles. The molecule has 22 heavy (non-hydrogen) atoms. The number of nitrogens with zero attached hydrogens (tertiary/aromatic N) is 1. The first-order valence-electron chi connectivity index (χ1n) is 7.44. The van der Waals surface area contributed by atoms with Crippen molar-refractivity contribution in [1.82, 2.24) is 4.90 Å². The number of benzene rings is 1. The smallest absolute Gasteiger partial charge is 0.254 e. The fourth-order valence-corrected chi connectivity index (χ4v) is 3.59. The fourth-order valence-electron chi connectivity index (χ4n) is 2.95. The Morgan fingerprint density at radius 1 is 1.41 bits per heavy atom. The summed E-state index contributed by atoms with van der Waals surface area (Å²) >= 11 is 0. The van der Waals surface area contributed by atoms with Crippen molar-refractivity contribution in [3.8, 4) is 0 Å². The van der Waals surface area contributed by atoms with Gasteiger partial charge in [-0.05, 0) is 43.9 Å². The molecule has 122 valence electrons. The molecule has 2 rings (SSSR count). The summed E-state index contributed by atoms with van der Waals surface area (Å²) in [4.78, 5) is 14.5. The fraction of sp³-hybridized carbons (Fsp3) is 0.533. The summed E-state index contributed by atoms with van der Waals surface area (Å²) in [5, 5.41) is 5.06. The number of rotatable bonds is 4. The molecule has 1 aliphatic rings. The van der Waals surface area contributed by atoms with Crippen molar-refractivity contribution in [2.45, 2.75) is 44.0 Å². The van der Waals surface area contributed by atoms with Crippen molar-refractivity contribution >= 4 is 15.9 Å². The molecule has 6 nitrogen and oxygen atoms in total. The van der Waals surface area contributed by atoms with Crippen LogP contribution in [-0.4, -0.2) is 37.9 Å². The van der Waals surface area contributed by atoms with Gasteiger partial charge in [-0.3, -0.25) is 4.79 Å². The van der Waals surface area contributed by atoms with Crippen molar-refractivity contribution in [2.24, 2.45) is 10.9 Å². The molecule has 0 bridgehead atoms. The Hall–Kier alpha value is -1.44. The number of piperidine rings is 1. The van der Waals surface area contributed by atoms with E-state index in [1.54, 1.807) is 24.3 Å². The number of hydrogen-bond acceptors (Lipinski definition) is 4. The van der Waals surface area contributed by atoms with Crippen LogP contribution in [0.3, 0.4) is 0 Å². The van der Waals surface area contributed by atoms with E-state index in [4.69, 9.17) is 10.9 Å². The lowest BCUT2D eigenvalue weighted by molar-refractivity contribution is 0.0583. The normalized spacial score (nSPS) is 20.7. The Morgan fingerprint density at radius 2 is 2.14 bits per heavy atom. The third-order valence-corrected chi connectivity index (χ3v) is 4.69. The van der Waals surface area contributed by atoms with Gasteiger partial charge in [0, 0.05) is 24.2 Å². The van der Waals surface area contributed by atoms with Gasteiger partial charge in [0.25, 0.3) is 5.91 Å². The Balaban J connectivity index is 2.23. The summed E-state index contributed by atoms with van der Waals surface area (Å²) < 4.78 is 22.4. The summed E-state index contributed by atoms with van der Waals surface area (Å²) in [6, 6.07) is 6.57. The SMILES string of the molecule is CC(N)C1CCCCN1C(=O)c1cccc(CS(N)(=O)=O)c1. The molecule has 2 atom stereocenters. The molecule has 0 saturated carbocycles. The van der Waals surface area contributed by atoms with E-state index >= 15 is 0 Å². The van der Waals surface area contributed by atoms with Crippen LogP contribution in [0.2, 0.25) is 0 Å². The van der Waals surface area contributed by atoms with Crippen LogP contribution in [0.4, 0.5) is 0 Å². The van der Waals surface area contributed by atoms with E-state index in [-0.39, 0.29) is 23.7 Å². The lowest BCUT2D eigenvalue weighted by atomic mass is 9.96. The zero-order valence-electron chi connectivity index (χ0n) is 12.7. The summed E-state index contributed by atoms with van der Waals surface area (Å²) in [6.07, 6.45) is 2.94. The Kier molecular flexibility index (Phi) is 5.20. The van der Waals surface area contributed by atoms with Gasteiger partial charge < -0.3 is 10.6 Å². The Labute approximate surface area is 131 Å². The number of primary sulfonamides is 1. The van der Waals surface area contributed by atoms with Crippen LogP contribution in [0.1, 0.15) is 42.1 Å². The number of likely N-dealkylation sites (tertiary alicyclic amines) is 1. The van der Waals surface area contributed by atoms with Crippen LogP contribution in [0.5, 0.6) is 0 Å². The second-order valence-corrected chi connectivity index (χ2v) is 7.54. The maximum absolute atomic E-state index is 12.7.